The Morgan fingerprint density at radius 3 is 2.61 bits per heavy atom. The van der Waals surface area contributed by atoms with Gasteiger partial charge in [0.25, 0.3) is 5.91 Å². The third-order valence-electron chi connectivity index (χ3n) is 4.48. The normalized spacial score (nSPS) is 16.8. The number of urea groups is 1. The zero-order valence-electron chi connectivity index (χ0n) is 17.2. The Bertz CT molecular complexity index is 977. The number of nitrogens with one attached hydrogen (secondary N) is 2. The van der Waals surface area contributed by atoms with Gasteiger partial charge in [0.15, 0.2) is 5.13 Å². The smallest absolute Gasteiger partial charge is 0.437 e. The maximum absolute atomic E-state index is 13.0. The Balaban J connectivity index is 1.78. The predicted octanol–water partition coefficient (Wildman–Crippen LogP) is 2.93. The summed E-state index contributed by atoms with van der Waals surface area (Å²) in [5.41, 5.74) is 0.636. The summed E-state index contributed by atoms with van der Waals surface area (Å²) in [6, 6.07) is 6.31. The highest BCUT2D eigenvalue weighted by Crippen LogP contribution is 2.27. The average Bonchev–Trinajstić information content (AvgIpc) is 3.29. The highest BCUT2D eigenvalue weighted by Gasteiger charge is 2.45. The second-order valence-electron chi connectivity index (χ2n) is 7.18. The molecule has 0 aliphatic carbocycles. The molecule has 1 saturated heterocycles. The van der Waals surface area contributed by atoms with E-state index in [2.05, 4.69) is 20.4 Å². The predicted molar refractivity (Wildman–Crippen MR) is 112 cm³/mol. The average molecular weight is 446 g/mol. The van der Waals surface area contributed by atoms with Crippen molar-refractivity contribution in [3.8, 4) is 5.88 Å². The van der Waals surface area contributed by atoms with Gasteiger partial charge in [-0.25, -0.2) is 14.5 Å². The molecule has 1 aromatic heterocycles. The number of ether oxygens (including phenoxy) is 2. The highest BCUT2D eigenvalue weighted by atomic mass is 32.1. The van der Waals surface area contributed by atoms with Gasteiger partial charge in [-0.3, -0.25) is 9.59 Å². The monoisotopic (exact) mass is 446 g/mol. The number of anilines is 1. The molecule has 1 aromatic carbocycles. The van der Waals surface area contributed by atoms with Crippen molar-refractivity contribution in [3.05, 3.63) is 41.3 Å². The van der Waals surface area contributed by atoms with E-state index >= 15 is 0 Å². The number of imide groups is 1. The van der Waals surface area contributed by atoms with E-state index in [0.29, 0.717) is 5.56 Å². The van der Waals surface area contributed by atoms with Crippen LogP contribution in [0.4, 0.5) is 14.7 Å². The Morgan fingerprint density at radius 1 is 1.26 bits per heavy atom. The Hall–Kier alpha value is -3.47. The van der Waals surface area contributed by atoms with Gasteiger partial charge in [-0.05, 0) is 17.9 Å². The van der Waals surface area contributed by atoms with Gasteiger partial charge in [-0.2, -0.15) is 4.98 Å². The number of carbonyl (C=O) groups excluding carboxylic acids is 4. The third-order valence-corrected chi connectivity index (χ3v) is 5.22. The van der Waals surface area contributed by atoms with Gasteiger partial charge in [0.05, 0.1) is 12.5 Å². The van der Waals surface area contributed by atoms with Gasteiger partial charge < -0.3 is 20.1 Å². The van der Waals surface area contributed by atoms with Gasteiger partial charge in [0.1, 0.15) is 12.1 Å². The van der Waals surface area contributed by atoms with E-state index in [1.165, 1.54) is 5.38 Å². The number of thiazole rings is 1. The second kappa shape index (κ2) is 9.56. The van der Waals surface area contributed by atoms with E-state index in [0.717, 1.165) is 23.3 Å². The first-order valence-corrected chi connectivity index (χ1v) is 10.4. The first-order valence-electron chi connectivity index (χ1n) is 9.50. The molecule has 3 rings (SSSR count). The molecule has 0 unspecified atom stereocenters. The standard InChI is InChI=1S/C20H22N4O6S/c1-11(2)9-13(16(25)23-18-21-14(10-31-18)30-20(28)29-3)24-17(26)15(22-19(24)27)12-7-5-4-6-8-12/h4-8,10-11,13,15H,9H2,1-3H3,(H,22,27)(H,21,23,25)/t13-,15-/m0/s1. The molecule has 0 saturated carbocycles. The summed E-state index contributed by atoms with van der Waals surface area (Å²) in [4.78, 5) is 54.8. The number of methoxy groups -OCH3 is 1. The topological polar surface area (TPSA) is 127 Å². The molecule has 10 nitrogen and oxygen atoms in total. The van der Waals surface area contributed by atoms with E-state index < -0.39 is 36.1 Å². The van der Waals surface area contributed by atoms with Crippen LogP contribution in [0.1, 0.15) is 31.9 Å². The molecule has 4 amide bonds. The number of rotatable bonds is 7. The van der Waals surface area contributed by atoms with Crippen LogP contribution >= 0.6 is 11.3 Å². The van der Waals surface area contributed by atoms with Crippen LogP contribution in [0.2, 0.25) is 0 Å². The fraction of sp³-hybridized carbons (Fsp3) is 0.350. The minimum atomic E-state index is -1.03. The molecule has 2 aromatic rings. The van der Waals surface area contributed by atoms with Gasteiger partial charge in [0, 0.05) is 0 Å². The van der Waals surface area contributed by atoms with Gasteiger partial charge >= 0.3 is 12.2 Å². The van der Waals surface area contributed by atoms with E-state index in [-0.39, 0.29) is 23.4 Å². The van der Waals surface area contributed by atoms with Crippen molar-refractivity contribution in [3.63, 3.8) is 0 Å². The molecule has 1 fully saturated rings. The van der Waals surface area contributed by atoms with Gasteiger partial charge in [-0.1, -0.05) is 44.2 Å². The van der Waals surface area contributed by atoms with Crippen LogP contribution < -0.4 is 15.4 Å². The van der Waals surface area contributed by atoms with Crippen molar-refractivity contribution in [2.75, 3.05) is 12.4 Å². The maximum Gasteiger partial charge on any atom is 0.514 e. The van der Waals surface area contributed by atoms with Crippen molar-refractivity contribution in [1.29, 1.82) is 0 Å². The summed E-state index contributed by atoms with van der Waals surface area (Å²) >= 11 is 1.03. The lowest BCUT2D eigenvalue weighted by Crippen LogP contribution is -2.48. The Morgan fingerprint density at radius 2 is 1.97 bits per heavy atom. The molecule has 11 heteroatoms. The van der Waals surface area contributed by atoms with Crippen LogP contribution in [0.15, 0.2) is 35.7 Å². The fourth-order valence-electron chi connectivity index (χ4n) is 3.12. The molecule has 1 aliphatic rings. The Labute approximate surface area is 182 Å². The molecule has 0 bridgehead atoms. The lowest BCUT2D eigenvalue weighted by Gasteiger charge is -2.25. The highest BCUT2D eigenvalue weighted by molar-refractivity contribution is 7.14. The first kappa shape index (κ1) is 22.2. The maximum atomic E-state index is 13.0. The third kappa shape index (κ3) is 5.18. The molecular formula is C20H22N4O6S. The van der Waals surface area contributed by atoms with Crippen LogP contribution in [-0.2, 0) is 14.3 Å². The number of aromatic nitrogens is 1. The molecular weight excluding hydrogens is 424 g/mol. The molecule has 1 aliphatic heterocycles. The fourth-order valence-corrected chi connectivity index (χ4v) is 3.73. The van der Waals surface area contributed by atoms with Crippen LogP contribution in [0, 0.1) is 5.92 Å². The number of hydrogen-bond acceptors (Lipinski definition) is 8. The van der Waals surface area contributed by atoms with E-state index in [1.54, 1.807) is 24.3 Å². The summed E-state index contributed by atoms with van der Waals surface area (Å²) in [6.07, 6.45) is -0.671. The van der Waals surface area contributed by atoms with E-state index in [9.17, 15) is 19.2 Å². The zero-order chi connectivity index (χ0) is 22.5. The SMILES string of the molecule is COC(=O)Oc1csc(NC(=O)[C@H](CC(C)C)N2C(=O)N[C@@H](c3ccccc3)C2=O)n1. The van der Waals surface area contributed by atoms with Crippen molar-refractivity contribution in [1.82, 2.24) is 15.2 Å². The van der Waals surface area contributed by atoms with Gasteiger partial charge in [0.2, 0.25) is 11.8 Å². The number of nitrogens with zero attached hydrogens (tertiary/aromatic N) is 2. The molecule has 0 spiro atoms. The second-order valence-corrected chi connectivity index (χ2v) is 8.04. The summed E-state index contributed by atoms with van der Waals surface area (Å²) in [6.45, 7) is 3.78. The lowest BCUT2D eigenvalue weighted by atomic mass is 10.0. The molecule has 31 heavy (non-hydrogen) atoms. The number of carbonyl (C=O) groups is 4. The molecule has 164 valence electrons. The number of hydrogen-bond donors (Lipinski definition) is 2. The largest absolute Gasteiger partial charge is 0.514 e. The number of amides is 4. The molecule has 2 atom stereocenters. The summed E-state index contributed by atoms with van der Waals surface area (Å²) in [5, 5.41) is 6.82. The summed E-state index contributed by atoms with van der Waals surface area (Å²) in [7, 11) is 1.16. The number of benzene rings is 1. The first-order chi connectivity index (χ1) is 14.8. The Kier molecular flexibility index (Phi) is 6.85. The van der Waals surface area contributed by atoms with E-state index in [4.69, 9.17) is 4.74 Å². The van der Waals surface area contributed by atoms with Crippen molar-refractivity contribution in [2.24, 2.45) is 5.92 Å². The molecule has 0 radical (unpaired) electrons. The van der Waals surface area contributed by atoms with Crippen molar-refractivity contribution in [2.45, 2.75) is 32.4 Å². The van der Waals surface area contributed by atoms with Crippen molar-refractivity contribution < 1.29 is 28.7 Å². The van der Waals surface area contributed by atoms with Crippen LogP contribution in [0.3, 0.4) is 0 Å². The molecule has 2 heterocycles. The summed E-state index contributed by atoms with van der Waals surface area (Å²) < 4.78 is 9.20. The minimum Gasteiger partial charge on any atom is -0.437 e. The molecule has 2 N–H and O–H groups in total. The quantitative estimate of drug-likeness (QED) is 0.494. The minimum absolute atomic E-state index is 0.0293. The van der Waals surface area contributed by atoms with Gasteiger partial charge in [-0.15, -0.1) is 11.3 Å². The zero-order valence-corrected chi connectivity index (χ0v) is 18.0. The lowest BCUT2D eigenvalue weighted by molar-refractivity contribution is -0.134. The summed E-state index contributed by atoms with van der Waals surface area (Å²) in [5.74, 6) is -1.07. The van der Waals surface area contributed by atoms with Crippen LogP contribution in [0.5, 0.6) is 5.88 Å². The van der Waals surface area contributed by atoms with Crippen LogP contribution in [0.25, 0.3) is 0 Å². The van der Waals surface area contributed by atoms with Crippen molar-refractivity contribution >= 4 is 40.5 Å². The van der Waals surface area contributed by atoms with Crippen LogP contribution in [-0.4, -0.2) is 47.0 Å². The van der Waals surface area contributed by atoms with E-state index in [1.807, 2.05) is 19.9 Å².